The molecule has 0 spiro atoms. The molecule has 17 heavy (non-hydrogen) atoms. The summed E-state index contributed by atoms with van der Waals surface area (Å²) in [4.78, 5) is 15.6. The molecule has 1 heterocycles. The Kier molecular flexibility index (Phi) is 6.67. The number of carbonyl (C=O) groups is 1. The topological polar surface area (TPSA) is 64.7 Å². The minimum Gasteiger partial charge on any atom is -0.466 e. The van der Waals surface area contributed by atoms with E-state index in [1.165, 1.54) is 6.42 Å². The summed E-state index contributed by atoms with van der Waals surface area (Å²) in [5.74, 6) is 0.717. The van der Waals surface area contributed by atoms with Crippen LogP contribution in [0.4, 0.5) is 0 Å². The van der Waals surface area contributed by atoms with Gasteiger partial charge >= 0.3 is 5.97 Å². The third-order valence-electron chi connectivity index (χ3n) is 3.04. The van der Waals surface area contributed by atoms with E-state index in [1.54, 1.807) is 0 Å². The molecule has 0 aromatic rings. The summed E-state index contributed by atoms with van der Waals surface area (Å²) in [6.07, 6.45) is 7.95. The van der Waals surface area contributed by atoms with Gasteiger partial charge in [-0.05, 0) is 32.6 Å². The Morgan fingerprint density at radius 2 is 2.29 bits per heavy atom. The van der Waals surface area contributed by atoms with Gasteiger partial charge in [-0.15, -0.1) is 0 Å². The minimum absolute atomic E-state index is 0.0867. The summed E-state index contributed by atoms with van der Waals surface area (Å²) in [6, 6.07) is 0.375. The Balaban J connectivity index is 2.13. The van der Waals surface area contributed by atoms with Crippen LogP contribution in [0, 0.1) is 0 Å². The van der Waals surface area contributed by atoms with E-state index < -0.39 is 0 Å². The molecule has 4 heteroatoms. The number of aliphatic imine (C=N–C) groups is 1. The molecule has 0 bridgehead atoms. The summed E-state index contributed by atoms with van der Waals surface area (Å²) in [5.41, 5.74) is 5.79. The molecule has 98 valence electrons. The molecule has 1 atom stereocenters. The van der Waals surface area contributed by atoms with Gasteiger partial charge in [0.25, 0.3) is 0 Å². The molecule has 0 aliphatic carbocycles. The molecule has 1 aliphatic heterocycles. The fraction of sp³-hybridized carbons (Fsp3) is 0.846. The molecule has 0 radical (unpaired) electrons. The van der Waals surface area contributed by atoms with Crippen molar-refractivity contribution in [2.75, 3.05) is 6.61 Å². The summed E-state index contributed by atoms with van der Waals surface area (Å²) in [5, 5.41) is 0. The van der Waals surface area contributed by atoms with Crippen LogP contribution in [0.3, 0.4) is 0 Å². The first-order valence-corrected chi connectivity index (χ1v) is 6.70. The lowest BCUT2D eigenvalue weighted by atomic mass is 10.0. The number of nitrogens with zero attached hydrogens (tertiary/aromatic N) is 1. The predicted octanol–water partition coefficient (Wildman–Crippen LogP) is 2.41. The molecule has 0 amide bonds. The molecule has 1 unspecified atom stereocenters. The summed E-state index contributed by atoms with van der Waals surface area (Å²) >= 11 is 0. The average Bonchev–Trinajstić information content (AvgIpc) is 2.49. The normalized spacial score (nSPS) is 20.5. The molecule has 0 saturated heterocycles. The molecule has 0 fully saturated rings. The Hall–Kier alpha value is -1.06. The van der Waals surface area contributed by atoms with Gasteiger partial charge in [0.1, 0.15) is 0 Å². The molecule has 0 aromatic carbocycles. The molecular weight excluding hydrogens is 216 g/mol. The Bertz CT molecular complexity index is 264. The molecule has 4 nitrogen and oxygen atoms in total. The zero-order chi connectivity index (χ0) is 12.5. The summed E-state index contributed by atoms with van der Waals surface area (Å²) in [7, 11) is 0. The highest BCUT2D eigenvalue weighted by Gasteiger charge is 2.11. The van der Waals surface area contributed by atoms with E-state index in [9.17, 15) is 4.79 Å². The van der Waals surface area contributed by atoms with Crippen LogP contribution < -0.4 is 5.73 Å². The molecule has 2 N–H and O–H groups in total. The standard InChI is InChI=1S/C13H24N2O2/c1-2-17-13(16)10-6-4-8-11-7-3-5-9-12(14)15-11/h11H,2-10H2,1H3,(H2,14,15). The molecule has 0 saturated carbocycles. The van der Waals surface area contributed by atoms with Crippen LogP contribution in [-0.4, -0.2) is 24.5 Å². The van der Waals surface area contributed by atoms with Gasteiger partial charge in [-0.3, -0.25) is 9.79 Å². The van der Waals surface area contributed by atoms with E-state index in [2.05, 4.69) is 4.99 Å². The number of ether oxygens (including phenoxy) is 1. The van der Waals surface area contributed by atoms with E-state index in [1.807, 2.05) is 6.92 Å². The number of rotatable bonds is 6. The number of amidine groups is 1. The van der Waals surface area contributed by atoms with Crippen molar-refractivity contribution in [2.45, 2.75) is 64.3 Å². The van der Waals surface area contributed by atoms with Gasteiger partial charge in [-0.1, -0.05) is 12.8 Å². The number of hydrogen-bond acceptors (Lipinski definition) is 4. The monoisotopic (exact) mass is 240 g/mol. The van der Waals surface area contributed by atoms with Crippen LogP contribution in [0.5, 0.6) is 0 Å². The Morgan fingerprint density at radius 3 is 3.06 bits per heavy atom. The number of hydrogen-bond donors (Lipinski definition) is 1. The van der Waals surface area contributed by atoms with E-state index in [-0.39, 0.29) is 5.97 Å². The highest BCUT2D eigenvalue weighted by atomic mass is 16.5. The van der Waals surface area contributed by atoms with Gasteiger partial charge in [-0.2, -0.15) is 0 Å². The first-order chi connectivity index (χ1) is 8.22. The van der Waals surface area contributed by atoms with Crippen molar-refractivity contribution in [1.82, 2.24) is 0 Å². The van der Waals surface area contributed by atoms with E-state index in [0.717, 1.165) is 44.4 Å². The quantitative estimate of drug-likeness (QED) is 0.572. The Labute approximate surface area is 104 Å². The van der Waals surface area contributed by atoms with Crippen molar-refractivity contribution in [2.24, 2.45) is 10.7 Å². The lowest BCUT2D eigenvalue weighted by Gasteiger charge is -2.10. The van der Waals surface area contributed by atoms with Crippen molar-refractivity contribution >= 4 is 11.8 Å². The van der Waals surface area contributed by atoms with Crippen LogP contribution in [0.2, 0.25) is 0 Å². The van der Waals surface area contributed by atoms with E-state index >= 15 is 0 Å². The first kappa shape index (κ1) is 14.0. The highest BCUT2D eigenvalue weighted by Crippen LogP contribution is 2.17. The maximum absolute atomic E-state index is 11.1. The van der Waals surface area contributed by atoms with Gasteiger partial charge in [0, 0.05) is 12.8 Å². The lowest BCUT2D eigenvalue weighted by Crippen LogP contribution is -2.14. The van der Waals surface area contributed by atoms with Crippen molar-refractivity contribution in [3.05, 3.63) is 0 Å². The van der Waals surface area contributed by atoms with Crippen LogP contribution in [0.25, 0.3) is 0 Å². The minimum atomic E-state index is -0.0867. The molecular formula is C13H24N2O2. The fourth-order valence-corrected chi connectivity index (χ4v) is 2.14. The lowest BCUT2D eigenvalue weighted by molar-refractivity contribution is -0.143. The van der Waals surface area contributed by atoms with Crippen molar-refractivity contribution in [3.63, 3.8) is 0 Å². The average molecular weight is 240 g/mol. The zero-order valence-electron chi connectivity index (χ0n) is 10.8. The SMILES string of the molecule is CCOC(=O)CCCCC1CCCCC(N)=N1. The summed E-state index contributed by atoms with van der Waals surface area (Å²) in [6.45, 7) is 2.31. The maximum Gasteiger partial charge on any atom is 0.305 e. The predicted molar refractivity (Wildman–Crippen MR) is 69.0 cm³/mol. The van der Waals surface area contributed by atoms with Crippen LogP contribution >= 0.6 is 0 Å². The van der Waals surface area contributed by atoms with Crippen LogP contribution in [0.15, 0.2) is 4.99 Å². The van der Waals surface area contributed by atoms with E-state index in [4.69, 9.17) is 10.5 Å². The number of nitrogens with two attached hydrogens (primary N) is 1. The second kappa shape index (κ2) is 8.09. The van der Waals surface area contributed by atoms with Gasteiger partial charge in [-0.25, -0.2) is 0 Å². The van der Waals surface area contributed by atoms with Crippen molar-refractivity contribution < 1.29 is 9.53 Å². The smallest absolute Gasteiger partial charge is 0.305 e. The highest BCUT2D eigenvalue weighted by molar-refractivity contribution is 5.80. The molecule has 0 aromatic heterocycles. The van der Waals surface area contributed by atoms with Gasteiger partial charge in [0.15, 0.2) is 0 Å². The zero-order valence-corrected chi connectivity index (χ0v) is 10.8. The summed E-state index contributed by atoms with van der Waals surface area (Å²) < 4.78 is 4.88. The van der Waals surface area contributed by atoms with E-state index in [0.29, 0.717) is 19.1 Å². The van der Waals surface area contributed by atoms with Gasteiger partial charge in [0.05, 0.1) is 18.5 Å². The fourth-order valence-electron chi connectivity index (χ4n) is 2.14. The van der Waals surface area contributed by atoms with Crippen molar-refractivity contribution in [3.8, 4) is 0 Å². The van der Waals surface area contributed by atoms with Crippen LogP contribution in [0.1, 0.15) is 58.3 Å². The van der Waals surface area contributed by atoms with Gasteiger partial charge in [0.2, 0.25) is 0 Å². The number of carbonyl (C=O) groups excluding carboxylic acids is 1. The third kappa shape index (κ3) is 6.29. The second-order valence-corrected chi connectivity index (χ2v) is 4.57. The van der Waals surface area contributed by atoms with Crippen LogP contribution in [-0.2, 0) is 9.53 Å². The van der Waals surface area contributed by atoms with Crippen molar-refractivity contribution in [1.29, 1.82) is 0 Å². The largest absolute Gasteiger partial charge is 0.466 e. The third-order valence-corrected chi connectivity index (χ3v) is 3.04. The number of esters is 1. The molecule has 1 aliphatic rings. The maximum atomic E-state index is 11.1. The van der Waals surface area contributed by atoms with Gasteiger partial charge < -0.3 is 10.5 Å². The first-order valence-electron chi connectivity index (χ1n) is 6.70. The second-order valence-electron chi connectivity index (χ2n) is 4.57. The molecule has 1 rings (SSSR count). The number of unbranched alkanes of at least 4 members (excludes halogenated alkanes) is 1. The Morgan fingerprint density at radius 1 is 1.47 bits per heavy atom.